The Hall–Kier alpha value is -2.61. The van der Waals surface area contributed by atoms with Crippen molar-refractivity contribution in [1.82, 2.24) is 9.97 Å². The van der Waals surface area contributed by atoms with Gasteiger partial charge in [-0.15, -0.1) is 21.6 Å². The second-order valence-corrected chi connectivity index (χ2v) is 5.61. The zero-order valence-electron chi connectivity index (χ0n) is 11.5. The molecule has 0 fully saturated rings. The van der Waals surface area contributed by atoms with Gasteiger partial charge in [-0.05, 0) is 25.1 Å². The lowest BCUT2D eigenvalue weighted by atomic mass is 10.2. The highest BCUT2D eigenvalue weighted by molar-refractivity contribution is 7.09. The fraction of sp³-hybridized carbons (Fsp3) is 0.143. The second-order valence-electron chi connectivity index (χ2n) is 4.67. The standard InChI is InChI=1S/C14H11FN4O2S/c1-7-6-22-12(16-7)5-11(20)18-19-13-9-3-2-8(15)4-10(9)17-14(13)21/h2-4,6,17,21H,5H2,1H3. The maximum Gasteiger partial charge on any atom is 0.271 e. The summed E-state index contributed by atoms with van der Waals surface area (Å²) in [4.78, 5) is 18.5. The van der Waals surface area contributed by atoms with Crippen LogP contribution in [-0.2, 0) is 11.2 Å². The van der Waals surface area contributed by atoms with Crippen LogP contribution in [0.2, 0.25) is 0 Å². The molecular formula is C14H11FN4O2S. The maximum absolute atomic E-state index is 13.1. The number of H-pyrrole nitrogens is 1. The lowest BCUT2D eigenvalue weighted by Gasteiger charge is -1.92. The fourth-order valence-electron chi connectivity index (χ4n) is 2.00. The van der Waals surface area contributed by atoms with E-state index in [2.05, 4.69) is 20.2 Å². The molecule has 112 valence electrons. The molecule has 8 heteroatoms. The van der Waals surface area contributed by atoms with Gasteiger partial charge in [0, 0.05) is 16.5 Å². The van der Waals surface area contributed by atoms with E-state index in [9.17, 15) is 14.3 Å². The molecule has 0 aliphatic heterocycles. The quantitative estimate of drug-likeness (QED) is 0.722. The van der Waals surface area contributed by atoms with Gasteiger partial charge in [0.25, 0.3) is 5.91 Å². The Bertz CT molecular complexity index is 884. The van der Waals surface area contributed by atoms with E-state index in [-0.39, 0.29) is 18.0 Å². The van der Waals surface area contributed by atoms with Gasteiger partial charge in [0.05, 0.1) is 11.9 Å². The molecule has 22 heavy (non-hydrogen) atoms. The predicted molar refractivity (Wildman–Crippen MR) is 80.0 cm³/mol. The van der Waals surface area contributed by atoms with Crippen LogP contribution in [0.4, 0.5) is 10.1 Å². The highest BCUT2D eigenvalue weighted by Gasteiger charge is 2.12. The van der Waals surface area contributed by atoms with E-state index in [0.29, 0.717) is 15.9 Å². The van der Waals surface area contributed by atoms with E-state index in [4.69, 9.17) is 0 Å². The van der Waals surface area contributed by atoms with Crippen molar-refractivity contribution in [2.45, 2.75) is 13.3 Å². The van der Waals surface area contributed by atoms with Crippen molar-refractivity contribution in [2.75, 3.05) is 0 Å². The molecule has 2 heterocycles. The molecule has 2 N–H and O–H groups in total. The number of halogens is 1. The normalized spacial score (nSPS) is 11.5. The molecule has 1 amide bonds. The van der Waals surface area contributed by atoms with Gasteiger partial charge in [0.15, 0.2) is 5.69 Å². The van der Waals surface area contributed by atoms with Crippen LogP contribution >= 0.6 is 11.3 Å². The Morgan fingerprint density at radius 2 is 2.32 bits per heavy atom. The monoisotopic (exact) mass is 318 g/mol. The molecule has 2 aromatic heterocycles. The summed E-state index contributed by atoms with van der Waals surface area (Å²) >= 11 is 1.38. The molecule has 0 radical (unpaired) electrons. The molecule has 0 spiro atoms. The molecule has 0 atom stereocenters. The van der Waals surface area contributed by atoms with E-state index in [0.717, 1.165) is 5.69 Å². The molecular weight excluding hydrogens is 307 g/mol. The Labute approximate surface area is 128 Å². The molecule has 3 aromatic rings. The number of nitrogens with one attached hydrogen (secondary N) is 1. The number of azo groups is 1. The van der Waals surface area contributed by atoms with Crippen molar-refractivity contribution >= 4 is 33.8 Å². The highest BCUT2D eigenvalue weighted by atomic mass is 32.1. The zero-order valence-corrected chi connectivity index (χ0v) is 12.3. The summed E-state index contributed by atoms with van der Waals surface area (Å²) < 4.78 is 13.1. The first-order chi connectivity index (χ1) is 10.5. The number of hydrogen-bond acceptors (Lipinski definition) is 5. The molecule has 3 rings (SSSR count). The largest absolute Gasteiger partial charge is 0.493 e. The van der Waals surface area contributed by atoms with Crippen molar-refractivity contribution < 1.29 is 14.3 Å². The number of carbonyl (C=O) groups excluding carboxylic acids is 1. The maximum atomic E-state index is 13.1. The number of nitrogens with zero attached hydrogens (tertiary/aromatic N) is 3. The number of aromatic hydroxyl groups is 1. The van der Waals surface area contributed by atoms with Crippen molar-refractivity contribution in [1.29, 1.82) is 0 Å². The lowest BCUT2D eigenvalue weighted by molar-refractivity contribution is -0.117. The van der Waals surface area contributed by atoms with E-state index >= 15 is 0 Å². The summed E-state index contributed by atoms with van der Waals surface area (Å²) in [7, 11) is 0. The van der Waals surface area contributed by atoms with Crippen LogP contribution in [0.25, 0.3) is 10.9 Å². The van der Waals surface area contributed by atoms with Crippen LogP contribution in [0.15, 0.2) is 33.8 Å². The van der Waals surface area contributed by atoms with E-state index in [1.807, 2.05) is 12.3 Å². The average Bonchev–Trinajstić information content (AvgIpc) is 2.99. The molecule has 0 saturated carbocycles. The number of carbonyl (C=O) groups is 1. The van der Waals surface area contributed by atoms with Gasteiger partial charge in [-0.1, -0.05) is 0 Å². The Kier molecular flexibility index (Phi) is 3.68. The third-order valence-corrected chi connectivity index (χ3v) is 3.91. The van der Waals surface area contributed by atoms with Gasteiger partial charge in [0.2, 0.25) is 5.88 Å². The summed E-state index contributed by atoms with van der Waals surface area (Å²) in [5.74, 6) is -1.17. The highest BCUT2D eigenvalue weighted by Crippen LogP contribution is 2.35. The molecule has 1 aromatic carbocycles. The molecule has 6 nitrogen and oxygen atoms in total. The minimum atomic E-state index is -0.467. The Morgan fingerprint density at radius 3 is 3.05 bits per heavy atom. The number of thiazole rings is 1. The van der Waals surface area contributed by atoms with Crippen LogP contribution < -0.4 is 0 Å². The van der Waals surface area contributed by atoms with Crippen molar-refractivity contribution in [3.05, 3.63) is 40.1 Å². The van der Waals surface area contributed by atoms with Crippen molar-refractivity contribution in [3.63, 3.8) is 0 Å². The van der Waals surface area contributed by atoms with E-state index in [1.54, 1.807) is 0 Å². The number of benzene rings is 1. The fourth-order valence-corrected chi connectivity index (χ4v) is 2.76. The smallest absolute Gasteiger partial charge is 0.271 e. The lowest BCUT2D eigenvalue weighted by Crippen LogP contribution is -1.97. The second kappa shape index (κ2) is 5.64. The molecule has 0 bridgehead atoms. The minimum Gasteiger partial charge on any atom is -0.493 e. The van der Waals surface area contributed by atoms with Crippen LogP contribution in [0.3, 0.4) is 0 Å². The minimum absolute atomic E-state index is 0.0553. The van der Waals surface area contributed by atoms with Crippen LogP contribution in [-0.4, -0.2) is 21.0 Å². The summed E-state index contributed by atoms with van der Waals surface area (Å²) in [6, 6.07) is 3.94. The number of aryl methyl sites for hydroxylation is 1. The van der Waals surface area contributed by atoms with Gasteiger partial charge in [-0.3, -0.25) is 4.79 Å². The number of fused-ring (bicyclic) bond motifs is 1. The summed E-state index contributed by atoms with van der Waals surface area (Å²) in [5, 5.41) is 20.1. The third-order valence-electron chi connectivity index (χ3n) is 2.94. The van der Waals surface area contributed by atoms with E-state index < -0.39 is 11.7 Å². The van der Waals surface area contributed by atoms with E-state index in [1.165, 1.54) is 29.5 Å². The topological polar surface area (TPSA) is 90.7 Å². The van der Waals surface area contributed by atoms with Gasteiger partial charge in [-0.2, -0.15) is 0 Å². The Morgan fingerprint density at radius 1 is 1.50 bits per heavy atom. The summed E-state index contributed by atoms with van der Waals surface area (Å²) in [6.45, 7) is 1.84. The van der Waals surface area contributed by atoms with Crippen molar-refractivity contribution in [2.24, 2.45) is 10.2 Å². The SMILES string of the molecule is Cc1csc(CC(=O)N=Nc2c(O)[nH]c3cc(F)ccc23)n1. The molecule has 0 unspecified atom stereocenters. The van der Waals surface area contributed by atoms with Gasteiger partial charge >= 0.3 is 0 Å². The first-order valence-corrected chi connectivity index (χ1v) is 7.26. The number of rotatable bonds is 3. The first kappa shape index (κ1) is 14.3. The van der Waals surface area contributed by atoms with Gasteiger partial charge in [0.1, 0.15) is 10.8 Å². The van der Waals surface area contributed by atoms with Crippen LogP contribution in [0.1, 0.15) is 10.7 Å². The summed E-state index contributed by atoms with van der Waals surface area (Å²) in [6.07, 6.45) is 0.0553. The zero-order chi connectivity index (χ0) is 15.7. The molecule has 0 saturated heterocycles. The first-order valence-electron chi connectivity index (χ1n) is 6.38. The van der Waals surface area contributed by atoms with Crippen LogP contribution in [0.5, 0.6) is 5.88 Å². The summed E-state index contributed by atoms with van der Waals surface area (Å²) in [5.41, 5.74) is 1.34. The van der Waals surface area contributed by atoms with Gasteiger partial charge < -0.3 is 10.1 Å². The average molecular weight is 318 g/mol. The number of hydrogen-bond donors (Lipinski definition) is 2. The number of aromatic amines is 1. The van der Waals surface area contributed by atoms with Crippen molar-refractivity contribution in [3.8, 4) is 5.88 Å². The Balaban J connectivity index is 1.83. The van der Waals surface area contributed by atoms with Crippen LogP contribution in [0, 0.1) is 12.7 Å². The third kappa shape index (κ3) is 2.86. The molecule has 0 aliphatic rings. The van der Waals surface area contributed by atoms with Gasteiger partial charge in [-0.25, -0.2) is 9.37 Å². The molecule has 0 aliphatic carbocycles. The predicted octanol–water partition coefficient (Wildman–Crippen LogP) is 3.63. The number of aromatic nitrogens is 2. The number of amides is 1.